The number of ketones is 2. The van der Waals surface area contributed by atoms with Gasteiger partial charge in [0.15, 0.2) is 19.9 Å². The van der Waals surface area contributed by atoms with Crippen LogP contribution in [0.5, 0.6) is 0 Å². The third-order valence-electron chi connectivity index (χ3n) is 8.20. The molecule has 0 heterocycles. The lowest BCUT2D eigenvalue weighted by molar-refractivity contribution is -0.203. The molecular formula is C21H34O4Si. The van der Waals surface area contributed by atoms with Gasteiger partial charge in [-0.1, -0.05) is 32.4 Å². The number of allylic oxidation sites excluding steroid dienone is 1. The number of Topliss-reactive ketones (excluding diaryl/α,β-unsaturated/α-hetero) is 2. The van der Waals surface area contributed by atoms with Crippen molar-refractivity contribution in [2.75, 3.05) is 0 Å². The number of carbonyl (C=O) groups is 2. The van der Waals surface area contributed by atoms with Gasteiger partial charge < -0.3 is 9.53 Å². The van der Waals surface area contributed by atoms with Crippen molar-refractivity contribution in [3.63, 3.8) is 0 Å². The highest BCUT2D eigenvalue weighted by Crippen LogP contribution is 2.64. The predicted octanol–water partition coefficient (Wildman–Crippen LogP) is 4.03. The maximum Gasteiger partial charge on any atom is 0.193 e. The van der Waals surface area contributed by atoms with Crippen molar-refractivity contribution in [3.8, 4) is 0 Å². The molecule has 0 aromatic rings. The topological polar surface area (TPSA) is 63.6 Å². The van der Waals surface area contributed by atoms with Crippen molar-refractivity contribution in [2.24, 2.45) is 16.7 Å². The van der Waals surface area contributed by atoms with Gasteiger partial charge >= 0.3 is 0 Å². The van der Waals surface area contributed by atoms with E-state index >= 15 is 0 Å². The molecule has 0 unspecified atom stereocenters. The van der Waals surface area contributed by atoms with E-state index in [0.717, 1.165) is 5.57 Å². The van der Waals surface area contributed by atoms with E-state index < -0.39 is 30.9 Å². The molecule has 26 heavy (non-hydrogen) atoms. The fraction of sp³-hybridized carbons (Fsp3) is 0.810. The van der Waals surface area contributed by atoms with Gasteiger partial charge in [0.1, 0.15) is 5.60 Å². The first-order chi connectivity index (χ1) is 11.6. The second kappa shape index (κ2) is 5.39. The summed E-state index contributed by atoms with van der Waals surface area (Å²) in [5, 5.41) is 10.7. The molecule has 0 aromatic heterocycles. The zero-order chi connectivity index (χ0) is 19.9. The van der Waals surface area contributed by atoms with Crippen molar-refractivity contribution in [1.29, 1.82) is 0 Å². The first-order valence-electron chi connectivity index (χ1n) is 9.76. The Morgan fingerprint density at radius 1 is 1.23 bits per heavy atom. The molecule has 3 aliphatic carbocycles. The predicted molar refractivity (Wildman–Crippen MR) is 104 cm³/mol. The van der Waals surface area contributed by atoms with Crippen LogP contribution in [0.25, 0.3) is 0 Å². The van der Waals surface area contributed by atoms with Gasteiger partial charge in [0.2, 0.25) is 0 Å². The van der Waals surface area contributed by atoms with E-state index in [1.807, 2.05) is 13.8 Å². The Balaban J connectivity index is 2.22. The van der Waals surface area contributed by atoms with Crippen LogP contribution in [0.3, 0.4) is 0 Å². The Morgan fingerprint density at radius 3 is 2.35 bits per heavy atom. The van der Waals surface area contributed by atoms with Crippen LogP contribution >= 0.6 is 0 Å². The molecule has 5 atom stereocenters. The molecular weight excluding hydrogens is 344 g/mol. The van der Waals surface area contributed by atoms with Gasteiger partial charge in [0, 0.05) is 12.8 Å². The van der Waals surface area contributed by atoms with Gasteiger partial charge in [0.25, 0.3) is 0 Å². The number of aliphatic hydroxyl groups is 1. The van der Waals surface area contributed by atoms with E-state index in [4.69, 9.17) is 4.43 Å². The molecule has 0 aliphatic heterocycles. The Hall–Kier alpha value is -0.783. The zero-order valence-corrected chi connectivity index (χ0v) is 18.5. The van der Waals surface area contributed by atoms with Crippen LogP contribution in [0, 0.1) is 16.7 Å². The second-order valence-electron chi connectivity index (χ2n) is 10.7. The summed E-state index contributed by atoms with van der Waals surface area (Å²) in [6.45, 7) is 16.5. The number of hydrogen-bond donors (Lipinski definition) is 1. The largest absolute Gasteiger partial charge is 0.403 e. The fourth-order valence-electron chi connectivity index (χ4n) is 5.26. The highest BCUT2D eigenvalue weighted by molar-refractivity contribution is 6.74. The summed E-state index contributed by atoms with van der Waals surface area (Å²) in [5.41, 5.74) is -1.87. The quantitative estimate of drug-likeness (QED) is 0.582. The van der Waals surface area contributed by atoms with Crippen LogP contribution in [0.15, 0.2) is 11.6 Å². The summed E-state index contributed by atoms with van der Waals surface area (Å²) in [6, 6.07) is 0. The number of hydrogen-bond acceptors (Lipinski definition) is 4. The smallest absolute Gasteiger partial charge is 0.193 e. The Kier molecular flexibility index (Phi) is 4.14. The highest BCUT2D eigenvalue weighted by Gasteiger charge is 2.74. The third kappa shape index (κ3) is 2.20. The molecule has 5 heteroatoms. The minimum Gasteiger partial charge on any atom is -0.403 e. The van der Waals surface area contributed by atoms with Crippen LogP contribution in [-0.4, -0.2) is 36.7 Å². The Morgan fingerprint density at radius 2 is 1.81 bits per heavy atom. The molecule has 2 fully saturated rings. The molecule has 2 saturated carbocycles. The van der Waals surface area contributed by atoms with Crippen LogP contribution in [0.2, 0.25) is 18.1 Å². The van der Waals surface area contributed by atoms with Crippen LogP contribution in [0.4, 0.5) is 0 Å². The van der Waals surface area contributed by atoms with Crippen molar-refractivity contribution < 1.29 is 19.1 Å². The van der Waals surface area contributed by atoms with Crippen molar-refractivity contribution in [3.05, 3.63) is 11.6 Å². The first kappa shape index (κ1) is 20.0. The van der Waals surface area contributed by atoms with E-state index in [0.29, 0.717) is 12.8 Å². The van der Waals surface area contributed by atoms with E-state index in [-0.39, 0.29) is 28.9 Å². The maximum absolute atomic E-state index is 13.7. The monoisotopic (exact) mass is 378 g/mol. The van der Waals surface area contributed by atoms with Crippen molar-refractivity contribution in [1.82, 2.24) is 0 Å². The van der Waals surface area contributed by atoms with Gasteiger partial charge in [0.05, 0.1) is 16.9 Å². The average molecular weight is 379 g/mol. The molecule has 0 saturated heterocycles. The van der Waals surface area contributed by atoms with Crippen molar-refractivity contribution in [2.45, 2.75) is 90.6 Å². The van der Waals surface area contributed by atoms with E-state index in [9.17, 15) is 14.7 Å². The van der Waals surface area contributed by atoms with Gasteiger partial charge in [-0.25, -0.2) is 0 Å². The summed E-state index contributed by atoms with van der Waals surface area (Å²) in [4.78, 5) is 27.3. The molecule has 4 nitrogen and oxygen atoms in total. The lowest BCUT2D eigenvalue weighted by Gasteiger charge is -2.65. The Bertz CT molecular complexity index is 703. The highest BCUT2D eigenvalue weighted by atomic mass is 28.4. The molecule has 0 aromatic carbocycles. The van der Waals surface area contributed by atoms with E-state index in [1.165, 1.54) is 0 Å². The lowest BCUT2D eigenvalue weighted by atomic mass is 9.42. The van der Waals surface area contributed by atoms with Gasteiger partial charge in [-0.2, -0.15) is 0 Å². The summed E-state index contributed by atoms with van der Waals surface area (Å²) < 4.78 is 6.84. The SMILES string of the molecule is CC1=CC[C@@]2(O[Si](C)(C)C(C)(C)C)C(=O)C[C@]3(C)C(=O)[C@@]2(C)[C@H]1C[C@H]3O. The van der Waals surface area contributed by atoms with E-state index in [1.54, 1.807) is 6.92 Å². The molecule has 1 N–H and O–H groups in total. The summed E-state index contributed by atoms with van der Waals surface area (Å²) in [7, 11) is -2.28. The molecule has 3 aliphatic rings. The van der Waals surface area contributed by atoms with Gasteiger partial charge in [-0.3, -0.25) is 9.59 Å². The minimum absolute atomic E-state index is 0.000532. The lowest BCUT2D eigenvalue weighted by Crippen LogP contribution is -2.76. The average Bonchev–Trinajstić information content (AvgIpc) is 2.49. The number of fused-ring (bicyclic) bond motifs is 1. The number of aliphatic hydroxyl groups excluding tert-OH is 1. The molecule has 2 bridgehead atoms. The first-order valence-corrected chi connectivity index (χ1v) is 12.7. The maximum atomic E-state index is 13.7. The summed E-state index contributed by atoms with van der Waals surface area (Å²) in [6.07, 6.45) is 2.37. The standard InChI is InChI=1S/C21H34O4Si/c1-13-9-10-21(25-26(7,8)18(2,3)4)16(23)12-19(5)15(22)11-14(13)20(21,6)17(19)24/h9,14-15,22H,10-12H2,1-8H3/t14-,15+,19-,20+,21+/m0/s1. The number of carbonyl (C=O) groups excluding carboxylic acids is 2. The van der Waals surface area contributed by atoms with Crippen LogP contribution < -0.4 is 0 Å². The molecule has 0 spiro atoms. The molecule has 0 radical (unpaired) electrons. The van der Waals surface area contributed by atoms with E-state index in [2.05, 4.69) is 39.9 Å². The summed E-state index contributed by atoms with van der Waals surface area (Å²) >= 11 is 0. The molecule has 0 amide bonds. The van der Waals surface area contributed by atoms with Crippen LogP contribution in [-0.2, 0) is 14.0 Å². The zero-order valence-electron chi connectivity index (χ0n) is 17.5. The third-order valence-corrected chi connectivity index (χ3v) is 12.7. The minimum atomic E-state index is -2.28. The van der Waals surface area contributed by atoms with Crippen LogP contribution in [0.1, 0.15) is 60.8 Å². The van der Waals surface area contributed by atoms with Crippen molar-refractivity contribution >= 4 is 19.9 Å². The second-order valence-corrected chi connectivity index (χ2v) is 15.4. The van der Waals surface area contributed by atoms with Gasteiger partial charge in [-0.05, 0) is 51.2 Å². The molecule has 146 valence electrons. The Labute approximate surface area is 158 Å². The van der Waals surface area contributed by atoms with Gasteiger partial charge in [-0.15, -0.1) is 0 Å². The summed E-state index contributed by atoms with van der Waals surface area (Å²) in [5.74, 6) is -0.125. The fourth-order valence-corrected chi connectivity index (χ4v) is 6.84. The normalized spacial score (nSPS) is 43.3. The molecule has 3 rings (SSSR count). The number of rotatable bonds is 2.